The fourth-order valence-corrected chi connectivity index (χ4v) is 2.45. The highest BCUT2D eigenvalue weighted by Gasteiger charge is 2.13. The standard InChI is InChI=1S/C11H22N4O2S/c1-7(2)12-5-9(16)6-18-11-14-13-10(17)15(11)8(3)4/h7-9,12,16H,5-6H2,1-4H3,(H,13,17). The zero-order chi connectivity index (χ0) is 13.7. The van der Waals surface area contributed by atoms with E-state index in [2.05, 4.69) is 15.5 Å². The van der Waals surface area contributed by atoms with Crippen molar-refractivity contribution in [1.82, 2.24) is 20.1 Å². The molecule has 0 amide bonds. The molecule has 0 aromatic carbocycles. The Morgan fingerprint density at radius 2 is 2.11 bits per heavy atom. The molecule has 0 fully saturated rings. The minimum atomic E-state index is -0.454. The van der Waals surface area contributed by atoms with Crippen molar-refractivity contribution >= 4 is 11.8 Å². The third-order valence-electron chi connectivity index (χ3n) is 2.36. The molecule has 1 unspecified atom stereocenters. The van der Waals surface area contributed by atoms with Crippen LogP contribution in [-0.4, -0.2) is 44.3 Å². The maximum atomic E-state index is 11.5. The molecule has 18 heavy (non-hydrogen) atoms. The second kappa shape index (κ2) is 6.96. The first-order valence-electron chi connectivity index (χ1n) is 6.13. The largest absolute Gasteiger partial charge is 0.391 e. The van der Waals surface area contributed by atoms with Crippen LogP contribution in [0.5, 0.6) is 0 Å². The summed E-state index contributed by atoms with van der Waals surface area (Å²) >= 11 is 1.39. The summed E-state index contributed by atoms with van der Waals surface area (Å²) in [5.74, 6) is 0.511. The van der Waals surface area contributed by atoms with Gasteiger partial charge in [0.15, 0.2) is 5.16 Å². The second-order valence-electron chi connectivity index (χ2n) is 4.80. The summed E-state index contributed by atoms with van der Waals surface area (Å²) in [5, 5.41) is 20.0. The number of hydrogen-bond donors (Lipinski definition) is 3. The Morgan fingerprint density at radius 1 is 1.44 bits per heavy atom. The maximum Gasteiger partial charge on any atom is 0.344 e. The molecule has 0 radical (unpaired) electrons. The quantitative estimate of drug-likeness (QED) is 0.634. The molecule has 0 bridgehead atoms. The predicted molar refractivity (Wildman–Crippen MR) is 73.1 cm³/mol. The van der Waals surface area contributed by atoms with Gasteiger partial charge in [-0.1, -0.05) is 25.6 Å². The van der Waals surface area contributed by atoms with E-state index in [1.165, 1.54) is 11.8 Å². The van der Waals surface area contributed by atoms with Gasteiger partial charge in [0.05, 0.1) is 6.10 Å². The molecule has 0 aliphatic carbocycles. The molecule has 3 N–H and O–H groups in total. The number of hydrogen-bond acceptors (Lipinski definition) is 5. The van der Waals surface area contributed by atoms with Crippen LogP contribution in [-0.2, 0) is 0 Å². The van der Waals surface area contributed by atoms with Crippen LogP contribution < -0.4 is 11.0 Å². The Bertz CT molecular complexity index is 413. The number of thioether (sulfide) groups is 1. The molecule has 1 aromatic rings. The summed E-state index contributed by atoms with van der Waals surface area (Å²) in [4.78, 5) is 11.5. The molecule has 0 aliphatic rings. The first-order valence-corrected chi connectivity index (χ1v) is 7.11. The van der Waals surface area contributed by atoms with Gasteiger partial charge < -0.3 is 10.4 Å². The summed E-state index contributed by atoms with van der Waals surface area (Å²) in [6.45, 7) is 8.46. The van der Waals surface area contributed by atoms with E-state index in [1.807, 2.05) is 27.7 Å². The van der Waals surface area contributed by atoms with E-state index in [9.17, 15) is 9.90 Å². The minimum Gasteiger partial charge on any atom is -0.391 e. The number of nitrogens with one attached hydrogen (secondary N) is 2. The lowest BCUT2D eigenvalue weighted by Crippen LogP contribution is -2.33. The molecule has 0 aliphatic heterocycles. The Kier molecular flexibility index (Phi) is 5.90. The first kappa shape index (κ1) is 15.3. The van der Waals surface area contributed by atoms with Crippen molar-refractivity contribution in [2.24, 2.45) is 0 Å². The average molecular weight is 274 g/mol. The monoisotopic (exact) mass is 274 g/mol. The van der Waals surface area contributed by atoms with Gasteiger partial charge in [0, 0.05) is 24.4 Å². The number of H-pyrrole nitrogens is 1. The van der Waals surface area contributed by atoms with Gasteiger partial charge >= 0.3 is 5.69 Å². The highest BCUT2D eigenvalue weighted by Crippen LogP contribution is 2.17. The molecule has 1 heterocycles. The van der Waals surface area contributed by atoms with Crippen LogP contribution in [0.4, 0.5) is 0 Å². The van der Waals surface area contributed by atoms with Crippen LogP contribution in [0, 0.1) is 0 Å². The molecule has 104 valence electrons. The fraction of sp³-hybridized carbons (Fsp3) is 0.818. The van der Waals surface area contributed by atoms with Crippen molar-refractivity contribution in [3.8, 4) is 0 Å². The molecule has 0 saturated heterocycles. The minimum absolute atomic E-state index is 0.0599. The van der Waals surface area contributed by atoms with Gasteiger partial charge in [-0.25, -0.2) is 9.89 Å². The van der Waals surface area contributed by atoms with Crippen LogP contribution in [0.25, 0.3) is 0 Å². The summed E-state index contributed by atoms with van der Waals surface area (Å²) in [5.41, 5.74) is -0.206. The van der Waals surface area contributed by atoms with E-state index >= 15 is 0 Å². The second-order valence-corrected chi connectivity index (χ2v) is 5.79. The molecule has 1 aromatic heterocycles. The van der Waals surface area contributed by atoms with Gasteiger partial charge in [-0.2, -0.15) is 0 Å². The Labute approximate surface area is 111 Å². The SMILES string of the molecule is CC(C)NCC(O)CSc1n[nH]c(=O)n1C(C)C. The smallest absolute Gasteiger partial charge is 0.344 e. The fourth-order valence-electron chi connectivity index (χ4n) is 1.45. The van der Waals surface area contributed by atoms with Crippen LogP contribution in [0.2, 0.25) is 0 Å². The molecule has 1 rings (SSSR count). The van der Waals surface area contributed by atoms with Crippen molar-refractivity contribution in [2.75, 3.05) is 12.3 Å². The van der Waals surface area contributed by atoms with Gasteiger partial charge in [0.25, 0.3) is 0 Å². The molecule has 0 spiro atoms. The van der Waals surface area contributed by atoms with Crippen molar-refractivity contribution in [3.63, 3.8) is 0 Å². The van der Waals surface area contributed by atoms with E-state index in [0.717, 1.165) is 0 Å². The maximum absolute atomic E-state index is 11.5. The topological polar surface area (TPSA) is 82.9 Å². The number of aliphatic hydroxyl groups is 1. The van der Waals surface area contributed by atoms with E-state index in [1.54, 1.807) is 4.57 Å². The lowest BCUT2D eigenvalue weighted by Gasteiger charge is -2.14. The van der Waals surface area contributed by atoms with Crippen LogP contribution in [0.3, 0.4) is 0 Å². The Morgan fingerprint density at radius 3 is 2.67 bits per heavy atom. The van der Waals surface area contributed by atoms with Crippen LogP contribution in [0.15, 0.2) is 9.95 Å². The zero-order valence-electron chi connectivity index (χ0n) is 11.3. The normalized spacial score (nSPS) is 13.5. The zero-order valence-corrected chi connectivity index (χ0v) is 12.1. The summed E-state index contributed by atoms with van der Waals surface area (Å²) in [6, 6.07) is 0.411. The lowest BCUT2D eigenvalue weighted by atomic mass is 10.3. The number of aliphatic hydroxyl groups excluding tert-OH is 1. The van der Waals surface area contributed by atoms with Gasteiger partial charge in [0.2, 0.25) is 0 Å². The number of rotatable bonds is 7. The number of aromatic nitrogens is 3. The molecule has 7 heteroatoms. The first-order chi connectivity index (χ1) is 8.41. The summed E-state index contributed by atoms with van der Waals surface area (Å²) < 4.78 is 1.59. The summed E-state index contributed by atoms with van der Waals surface area (Å²) in [7, 11) is 0. The highest BCUT2D eigenvalue weighted by molar-refractivity contribution is 7.99. The Balaban J connectivity index is 2.51. The van der Waals surface area contributed by atoms with Crippen molar-refractivity contribution < 1.29 is 5.11 Å². The molecule has 1 atom stereocenters. The van der Waals surface area contributed by atoms with E-state index in [4.69, 9.17) is 0 Å². The highest BCUT2D eigenvalue weighted by atomic mass is 32.2. The predicted octanol–water partition coefficient (Wildman–Crippen LogP) is 0.603. The van der Waals surface area contributed by atoms with Gasteiger partial charge in [0.1, 0.15) is 0 Å². The molecule has 0 saturated carbocycles. The van der Waals surface area contributed by atoms with Crippen molar-refractivity contribution in [1.29, 1.82) is 0 Å². The van der Waals surface area contributed by atoms with Crippen molar-refractivity contribution in [2.45, 2.75) is 51.0 Å². The summed E-state index contributed by atoms with van der Waals surface area (Å²) in [6.07, 6.45) is -0.454. The van der Waals surface area contributed by atoms with E-state index in [0.29, 0.717) is 23.5 Å². The van der Waals surface area contributed by atoms with Crippen molar-refractivity contribution in [3.05, 3.63) is 10.5 Å². The van der Waals surface area contributed by atoms with E-state index < -0.39 is 6.10 Å². The third-order valence-corrected chi connectivity index (χ3v) is 3.45. The Hall–Kier alpha value is -0.790. The van der Waals surface area contributed by atoms with Gasteiger partial charge in [-0.15, -0.1) is 5.10 Å². The van der Waals surface area contributed by atoms with Gasteiger partial charge in [-0.3, -0.25) is 4.57 Å². The molecule has 6 nitrogen and oxygen atoms in total. The number of aromatic amines is 1. The number of nitrogens with zero attached hydrogens (tertiary/aromatic N) is 2. The van der Waals surface area contributed by atoms with E-state index in [-0.39, 0.29) is 11.7 Å². The lowest BCUT2D eigenvalue weighted by molar-refractivity contribution is 0.192. The third kappa shape index (κ3) is 4.47. The average Bonchev–Trinajstić information content (AvgIpc) is 2.65. The van der Waals surface area contributed by atoms with Crippen LogP contribution in [0.1, 0.15) is 33.7 Å². The van der Waals surface area contributed by atoms with Gasteiger partial charge in [-0.05, 0) is 13.8 Å². The molecular weight excluding hydrogens is 252 g/mol. The molecular formula is C11H22N4O2S. The van der Waals surface area contributed by atoms with Crippen LogP contribution >= 0.6 is 11.8 Å².